The molecular formula is C22H19F4NO3S. The van der Waals surface area contributed by atoms with Gasteiger partial charge in [-0.1, -0.05) is 17.8 Å². The van der Waals surface area contributed by atoms with E-state index < -0.39 is 35.4 Å². The van der Waals surface area contributed by atoms with Gasteiger partial charge in [0.1, 0.15) is 5.82 Å². The van der Waals surface area contributed by atoms with Gasteiger partial charge >= 0.3 is 12.1 Å². The molecule has 0 radical (unpaired) electrons. The van der Waals surface area contributed by atoms with Gasteiger partial charge in [-0.15, -0.1) is 0 Å². The van der Waals surface area contributed by atoms with Crippen LogP contribution in [0.5, 0.6) is 0 Å². The highest BCUT2D eigenvalue weighted by molar-refractivity contribution is 7.99. The molecular weight excluding hydrogens is 434 g/mol. The van der Waals surface area contributed by atoms with Crippen molar-refractivity contribution in [1.82, 2.24) is 4.90 Å². The number of carboxylic acid groups (broad SMARTS) is 1. The lowest BCUT2D eigenvalue weighted by molar-refractivity contribution is -0.144. The molecule has 4 nitrogen and oxygen atoms in total. The molecule has 1 N–H and O–H groups in total. The van der Waals surface area contributed by atoms with Crippen LogP contribution >= 0.6 is 11.8 Å². The summed E-state index contributed by atoms with van der Waals surface area (Å²) in [6.45, 7) is 0.499. The van der Waals surface area contributed by atoms with Gasteiger partial charge in [-0.3, -0.25) is 9.59 Å². The lowest BCUT2D eigenvalue weighted by Crippen LogP contribution is -2.39. The number of piperidine rings is 1. The third kappa shape index (κ3) is 6.10. The standard InChI is InChI=1S/C22H19F4NO3S/c23-16-3-6-17(7-4-16)31-18-5-1-14(19(13-18)22(24,25)26)2-8-20(28)27-11-9-15(10-12-27)21(29)30/h1-8,13,15H,9-12H2,(H,29,30). The normalized spacial score (nSPS) is 15.4. The topological polar surface area (TPSA) is 57.6 Å². The van der Waals surface area contributed by atoms with Crippen molar-refractivity contribution in [1.29, 1.82) is 0 Å². The van der Waals surface area contributed by atoms with Gasteiger partial charge in [0.05, 0.1) is 11.5 Å². The Morgan fingerprint density at radius 3 is 2.23 bits per heavy atom. The predicted octanol–water partition coefficient (Wildman–Crippen LogP) is 5.33. The molecule has 0 atom stereocenters. The van der Waals surface area contributed by atoms with Gasteiger partial charge in [-0.2, -0.15) is 13.2 Å². The molecule has 0 aromatic heterocycles. The zero-order chi connectivity index (χ0) is 22.6. The summed E-state index contributed by atoms with van der Waals surface area (Å²) in [5.74, 6) is -2.30. The van der Waals surface area contributed by atoms with E-state index in [0.717, 1.165) is 30.0 Å². The molecule has 1 heterocycles. The maximum absolute atomic E-state index is 13.6. The summed E-state index contributed by atoms with van der Waals surface area (Å²) in [5, 5.41) is 9.01. The Balaban J connectivity index is 1.75. The number of carbonyl (C=O) groups excluding carboxylic acids is 1. The Morgan fingerprint density at radius 1 is 1.03 bits per heavy atom. The number of carbonyl (C=O) groups is 2. The highest BCUT2D eigenvalue weighted by atomic mass is 32.2. The molecule has 0 bridgehead atoms. The van der Waals surface area contributed by atoms with Crippen molar-refractivity contribution in [3.05, 3.63) is 65.5 Å². The number of rotatable bonds is 5. The first-order valence-electron chi connectivity index (χ1n) is 9.48. The SMILES string of the molecule is O=C(O)C1CCN(C(=O)C=Cc2ccc(Sc3ccc(F)cc3)cc2C(F)(F)F)CC1. The number of hydrogen-bond donors (Lipinski definition) is 1. The van der Waals surface area contributed by atoms with Crippen LogP contribution in [0.4, 0.5) is 17.6 Å². The lowest BCUT2D eigenvalue weighted by atomic mass is 9.97. The van der Waals surface area contributed by atoms with Crippen molar-refractivity contribution in [3.63, 3.8) is 0 Å². The fourth-order valence-electron chi connectivity index (χ4n) is 3.24. The largest absolute Gasteiger partial charge is 0.481 e. The third-order valence-electron chi connectivity index (χ3n) is 4.94. The predicted molar refractivity (Wildman–Crippen MR) is 108 cm³/mol. The van der Waals surface area contributed by atoms with E-state index in [1.165, 1.54) is 41.3 Å². The summed E-state index contributed by atoms with van der Waals surface area (Å²) < 4.78 is 53.7. The van der Waals surface area contributed by atoms with E-state index in [2.05, 4.69) is 0 Å². The first-order chi connectivity index (χ1) is 14.6. The number of hydrogen-bond acceptors (Lipinski definition) is 3. The van der Waals surface area contributed by atoms with E-state index in [9.17, 15) is 27.2 Å². The number of aliphatic carboxylic acids is 1. The Bertz CT molecular complexity index is 981. The van der Waals surface area contributed by atoms with Crippen LogP contribution in [0.15, 0.2) is 58.3 Å². The molecule has 1 amide bonds. The van der Waals surface area contributed by atoms with E-state index in [4.69, 9.17) is 5.11 Å². The molecule has 164 valence electrons. The van der Waals surface area contributed by atoms with Crippen LogP contribution in [-0.2, 0) is 15.8 Å². The van der Waals surface area contributed by atoms with Crippen molar-refractivity contribution in [2.45, 2.75) is 28.8 Å². The fourth-order valence-corrected chi connectivity index (χ4v) is 4.10. The lowest BCUT2D eigenvalue weighted by Gasteiger charge is -2.29. The van der Waals surface area contributed by atoms with Crippen LogP contribution < -0.4 is 0 Å². The quantitative estimate of drug-likeness (QED) is 0.491. The molecule has 2 aromatic rings. The van der Waals surface area contributed by atoms with Crippen LogP contribution in [0.3, 0.4) is 0 Å². The van der Waals surface area contributed by atoms with Gasteiger partial charge in [-0.25, -0.2) is 4.39 Å². The smallest absolute Gasteiger partial charge is 0.417 e. The second-order valence-electron chi connectivity index (χ2n) is 7.07. The maximum atomic E-state index is 13.6. The molecule has 3 rings (SSSR count). The van der Waals surface area contributed by atoms with E-state index in [-0.39, 0.29) is 18.7 Å². The molecule has 0 saturated carbocycles. The number of alkyl halides is 3. The molecule has 0 aliphatic carbocycles. The second-order valence-corrected chi connectivity index (χ2v) is 8.22. The molecule has 0 spiro atoms. The summed E-state index contributed by atoms with van der Waals surface area (Å²) in [7, 11) is 0. The van der Waals surface area contributed by atoms with E-state index in [1.54, 1.807) is 0 Å². The van der Waals surface area contributed by atoms with E-state index >= 15 is 0 Å². The highest BCUT2D eigenvalue weighted by Gasteiger charge is 2.33. The second kappa shape index (κ2) is 9.55. The van der Waals surface area contributed by atoms with Crippen LogP contribution in [0, 0.1) is 11.7 Å². The van der Waals surface area contributed by atoms with Crippen LogP contribution in [0.2, 0.25) is 0 Å². The van der Waals surface area contributed by atoms with Gasteiger partial charge < -0.3 is 10.0 Å². The first kappa shape index (κ1) is 22.9. The van der Waals surface area contributed by atoms with Crippen molar-refractivity contribution in [2.75, 3.05) is 13.1 Å². The minimum atomic E-state index is -4.62. The third-order valence-corrected chi connectivity index (χ3v) is 5.94. The molecule has 1 aliphatic rings. The average Bonchev–Trinajstić information content (AvgIpc) is 2.73. The minimum absolute atomic E-state index is 0.148. The number of benzene rings is 2. The highest BCUT2D eigenvalue weighted by Crippen LogP contribution is 2.37. The average molecular weight is 453 g/mol. The van der Waals surface area contributed by atoms with Crippen LogP contribution in [0.1, 0.15) is 24.0 Å². The minimum Gasteiger partial charge on any atom is -0.481 e. The van der Waals surface area contributed by atoms with Gasteiger partial charge in [0.15, 0.2) is 0 Å². The van der Waals surface area contributed by atoms with Crippen molar-refractivity contribution < 1.29 is 32.3 Å². The maximum Gasteiger partial charge on any atom is 0.417 e. The summed E-state index contributed by atoms with van der Waals surface area (Å²) in [6, 6.07) is 9.21. The van der Waals surface area contributed by atoms with E-state index in [1.807, 2.05) is 0 Å². The summed E-state index contributed by atoms with van der Waals surface area (Å²) in [5.41, 5.74) is -1.03. The number of halogens is 4. The zero-order valence-corrected chi connectivity index (χ0v) is 17.0. The molecule has 9 heteroatoms. The van der Waals surface area contributed by atoms with Crippen LogP contribution in [-0.4, -0.2) is 35.0 Å². The summed E-state index contributed by atoms with van der Waals surface area (Å²) >= 11 is 1.07. The monoisotopic (exact) mass is 453 g/mol. The van der Waals surface area contributed by atoms with Gasteiger partial charge in [-0.05, 0) is 60.9 Å². The van der Waals surface area contributed by atoms with Crippen molar-refractivity contribution in [2.24, 2.45) is 5.92 Å². The summed E-state index contributed by atoms with van der Waals surface area (Å²) in [6.07, 6.45) is -1.78. The van der Waals surface area contributed by atoms with Gasteiger partial charge in [0, 0.05) is 29.0 Å². The fraction of sp³-hybridized carbons (Fsp3) is 0.273. The van der Waals surface area contributed by atoms with Crippen LogP contribution in [0.25, 0.3) is 6.08 Å². The summed E-state index contributed by atoms with van der Waals surface area (Å²) in [4.78, 5) is 25.7. The zero-order valence-electron chi connectivity index (χ0n) is 16.2. The molecule has 1 saturated heterocycles. The number of likely N-dealkylation sites (tertiary alicyclic amines) is 1. The number of amides is 1. The first-order valence-corrected chi connectivity index (χ1v) is 10.3. The number of nitrogens with zero attached hydrogens (tertiary/aromatic N) is 1. The molecule has 1 fully saturated rings. The van der Waals surface area contributed by atoms with Gasteiger partial charge in [0.25, 0.3) is 0 Å². The number of carboxylic acids is 1. The molecule has 1 aliphatic heterocycles. The molecule has 2 aromatic carbocycles. The van der Waals surface area contributed by atoms with Gasteiger partial charge in [0.2, 0.25) is 5.91 Å². The van der Waals surface area contributed by atoms with E-state index in [0.29, 0.717) is 22.6 Å². The molecule has 31 heavy (non-hydrogen) atoms. The van der Waals surface area contributed by atoms with Crippen molar-refractivity contribution >= 4 is 29.7 Å². The Hall–Kier alpha value is -2.81. The Labute approximate surface area is 180 Å². The Kier molecular flexibility index (Phi) is 7.04. The molecule has 0 unspecified atom stereocenters. The van der Waals surface area contributed by atoms with Crippen molar-refractivity contribution in [3.8, 4) is 0 Å². The Morgan fingerprint density at radius 2 is 1.65 bits per heavy atom.